The average Bonchev–Trinajstić information content (AvgIpc) is 2.97. The minimum Gasteiger partial charge on any atom is -0.480 e. The van der Waals surface area contributed by atoms with E-state index in [0.29, 0.717) is 12.0 Å². The number of aliphatic carboxylic acids is 1. The lowest BCUT2D eigenvalue weighted by Gasteiger charge is -2.32. The molecule has 0 radical (unpaired) electrons. The predicted molar refractivity (Wildman–Crippen MR) is 67.3 cm³/mol. The van der Waals surface area contributed by atoms with Crippen molar-refractivity contribution in [3.63, 3.8) is 0 Å². The highest BCUT2D eigenvalue weighted by atomic mass is 16.4. The van der Waals surface area contributed by atoms with Gasteiger partial charge in [0, 0.05) is 19.6 Å². The van der Waals surface area contributed by atoms with Crippen molar-refractivity contribution in [1.82, 2.24) is 9.80 Å². The van der Waals surface area contributed by atoms with Gasteiger partial charge in [-0.3, -0.25) is 4.79 Å². The second-order valence-corrected chi connectivity index (χ2v) is 5.48. The van der Waals surface area contributed by atoms with Gasteiger partial charge in [0.05, 0.1) is 0 Å². The Labute approximate surface area is 108 Å². The zero-order chi connectivity index (χ0) is 13.1. The van der Waals surface area contributed by atoms with E-state index in [2.05, 4.69) is 0 Å². The van der Waals surface area contributed by atoms with E-state index in [-0.39, 0.29) is 12.6 Å². The van der Waals surface area contributed by atoms with Gasteiger partial charge in [0.15, 0.2) is 0 Å². The van der Waals surface area contributed by atoms with Crippen LogP contribution in [0, 0.1) is 5.92 Å². The van der Waals surface area contributed by atoms with E-state index in [0.717, 1.165) is 19.4 Å². The molecule has 2 fully saturated rings. The molecule has 5 nitrogen and oxygen atoms in total. The standard InChI is InChI=1S/C13H22N2O3/c1-14(9-12(16)17)13(18)15-8-4-7-11(15)10-5-2-3-6-10/h10-11H,2-9H2,1H3,(H,16,17). The third-order valence-corrected chi connectivity index (χ3v) is 4.19. The Bertz CT molecular complexity index is 326. The molecule has 2 aliphatic rings. The fraction of sp³-hybridized carbons (Fsp3) is 0.846. The second-order valence-electron chi connectivity index (χ2n) is 5.48. The molecule has 0 spiro atoms. The fourth-order valence-electron chi connectivity index (χ4n) is 3.35. The summed E-state index contributed by atoms with van der Waals surface area (Å²) in [6, 6.07) is 0.225. The molecule has 5 heteroatoms. The van der Waals surface area contributed by atoms with Crippen LogP contribution in [0.4, 0.5) is 4.79 Å². The quantitative estimate of drug-likeness (QED) is 0.835. The molecule has 1 saturated heterocycles. The number of carboxylic acids is 1. The molecular formula is C13H22N2O3. The number of hydrogen-bond acceptors (Lipinski definition) is 2. The summed E-state index contributed by atoms with van der Waals surface area (Å²) in [4.78, 5) is 26.1. The lowest BCUT2D eigenvalue weighted by atomic mass is 9.96. The Morgan fingerprint density at radius 3 is 2.50 bits per heavy atom. The van der Waals surface area contributed by atoms with Gasteiger partial charge in [0.25, 0.3) is 0 Å². The molecule has 2 rings (SSSR count). The number of likely N-dealkylation sites (tertiary alicyclic amines) is 1. The van der Waals surface area contributed by atoms with Crippen molar-refractivity contribution in [3.05, 3.63) is 0 Å². The van der Waals surface area contributed by atoms with Gasteiger partial charge < -0.3 is 14.9 Å². The summed E-state index contributed by atoms with van der Waals surface area (Å²) < 4.78 is 0. The van der Waals surface area contributed by atoms with E-state index in [1.807, 2.05) is 4.90 Å². The number of amides is 2. The van der Waals surface area contributed by atoms with Crippen LogP contribution in [0.25, 0.3) is 0 Å². The summed E-state index contributed by atoms with van der Waals surface area (Å²) in [5.41, 5.74) is 0. The summed E-state index contributed by atoms with van der Waals surface area (Å²) in [7, 11) is 1.57. The number of carbonyl (C=O) groups is 2. The first-order valence-corrected chi connectivity index (χ1v) is 6.83. The molecule has 0 bridgehead atoms. The van der Waals surface area contributed by atoms with E-state index in [1.54, 1.807) is 7.05 Å². The van der Waals surface area contributed by atoms with Crippen LogP contribution in [0.5, 0.6) is 0 Å². The molecular weight excluding hydrogens is 232 g/mol. The number of nitrogens with zero attached hydrogens (tertiary/aromatic N) is 2. The molecule has 18 heavy (non-hydrogen) atoms. The maximum atomic E-state index is 12.2. The van der Waals surface area contributed by atoms with Crippen molar-refractivity contribution < 1.29 is 14.7 Å². The molecule has 0 aromatic carbocycles. The summed E-state index contributed by atoms with van der Waals surface area (Å²) >= 11 is 0. The molecule has 1 heterocycles. The molecule has 1 atom stereocenters. The van der Waals surface area contributed by atoms with Crippen LogP contribution in [0.3, 0.4) is 0 Å². The molecule has 1 aliphatic heterocycles. The van der Waals surface area contributed by atoms with E-state index >= 15 is 0 Å². The van der Waals surface area contributed by atoms with Crippen LogP contribution in [0.15, 0.2) is 0 Å². The maximum absolute atomic E-state index is 12.2. The number of urea groups is 1. The van der Waals surface area contributed by atoms with Crippen LogP contribution in [0.1, 0.15) is 38.5 Å². The van der Waals surface area contributed by atoms with Gasteiger partial charge >= 0.3 is 12.0 Å². The van der Waals surface area contributed by atoms with E-state index in [1.165, 1.54) is 30.6 Å². The Kier molecular flexibility index (Phi) is 4.09. The lowest BCUT2D eigenvalue weighted by molar-refractivity contribution is -0.137. The number of likely N-dealkylation sites (N-methyl/N-ethyl adjacent to an activating group) is 1. The third kappa shape index (κ3) is 2.76. The SMILES string of the molecule is CN(CC(=O)O)C(=O)N1CCCC1C1CCCC1. The van der Waals surface area contributed by atoms with Crippen molar-refractivity contribution >= 4 is 12.0 Å². The first-order valence-electron chi connectivity index (χ1n) is 6.83. The van der Waals surface area contributed by atoms with Gasteiger partial charge in [-0.05, 0) is 31.6 Å². The molecule has 102 valence electrons. The first-order chi connectivity index (χ1) is 8.59. The van der Waals surface area contributed by atoms with Crippen molar-refractivity contribution in [3.8, 4) is 0 Å². The number of carbonyl (C=O) groups excluding carboxylic acids is 1. The molecule has 1 saturated carbocycles. The zero-order valence-electron chi connectivity index (χ0n) is 11.0. The van der Waals surface area contributed by atoms with Crippen LogP contribution in [0.2, 0.25) is 0 Å². The minimum atomic E-state index is -0.956. The topological polar surface area (TPSA) is 60.9 Å². The van der Waals surface area contributed by atoms with Gasteiger partial charge in [-0.25, -0.2) is 4.79 Å². The normalized spacial score (nSPS) is 24.5. The maximum Gasteiger partial charge on any atom is 0.323 e. The summed E-state index contributed by atoms with van der Waals surface area (Å²) in [6.45, 7) is 0.566. The number of rotatable bonds is 3. The van der Waals surface area contributed by atoms with E-state index in [4.69, 9.17) is 5.11 Å². The highest BCUT2D eigenvalue weighted by Crippen LogP contribution is 2.35. The highest BCUT2D eigenvalue weighted by Gasteiger charge is 2.37. The molecule has 1 unspecified atom stereocenters. The van der Waals surface area contributed by atoms with Gasteiger partial charge in [0.2, 0.25) is 0 Å². The smallest absolute Gasteiger partial charge is 0.323 e. The van der Waals surface area contributed by atoms with Crippen LogP contribution < -0.4 is 0 Å². The molecule has 0 aromatic rings. The van der Waals surface area contributed by atoms with Gasteiger partial charge in [-0.15, -0.1) is 0 Å². The minimum absolute atomic E-state index is 0.119. The molecule has 2 amide bonds. The first kappa shape index (κ1) is 13.2. The predicted octanol–water partition coefficient (Wildman–Crippen LogP) is 1.78. The Morgan fingerprint density at radius 2 is 1.89 bits per heavy atom. The average molecular weight is 254 g/mol. The fourth-order valence-corrected chi connectivity index (χ4v) is 3.35. The highest BCUT2D eigenvalue weighted by molar-refractivity contribution is 5.80. The van der Waals surface area contributed by atoms with E-state index < -0.39 is 5.97 Å². The third-order valence-electron chi connectivity index (χ3n) is 4.19. The van der Waals surface area contributed by atoms with Crippen LogP contribution in [-0.4, -0.2) is 53.1 Å². The van der Waals surface area contributed by atoms with Gasteiger partial charge in [0.1, 0.15) is 6.54 Å². The summed E-state index contributed by atoms with van der Waals surface area (Å²) in [6.07, 6.45) is 7.11. The number of hydrogen-bond donors (Lipinski definition) is 1. The van der Waals surface area contributed by atoms with Gasteiger partial charge in [-0.1, -0.05) is 12.8 Å². The molecule has 1 aliphatic carbocycles. The molecule has 1 N–H and O–H groups in total. The van der Waals surface area contributed by atoms with Crippen LogP contribution >= 0.6 is 0 Å². The zero-order valence-corrected chi connectivity index (χ0v) is 11.0. The number of carboxylic acid groups (broad SMARTS) is 1. The summed E-state index contributed by atoms with van der Waals surface area (Å²) in [5.74, 6) is -0.322. The second kappa shape index (κ2) is 5.59. The van der Waals surface area contributed by atoms with Crippen molar-refractivity contribution in [2.24, 2.45) is 5.92 Å². The Morgan fingerprint density at radius 1 is 1.22 bits per heavy atom. The van der Waals surface area contributed by atoms with Gasteiger partial charge in [-0.2, -0.15) is 0 Å². The summed E-state index contributed by atoms with van der Waals surface area (Å²) in [5, 5.41) is 8.74. The monoisotopic (exact) mass is 254 g/mol. The van der Waals surface area contributed by atoms with Crippen molar-refractivity contribution in [2.75, 3.05) is 20.1 Å². The Hall–Kier alpha value is -1.26. The van der Waals surface area contributed by atoms with E-state index in [9.17, 15) is 9.59 Å². The largest absolute Gasteiger partial charge is 0.480 e. The van der Waals surface area contributed by atoms with Crippen molar-refractivity contribution in [2.45, 2.75) is 44.6 Å². The lowest BCUT2D eigenvalue weighted by Crippen LogP contribution is -2.47. The Balaban J connectivity index is 1.97. The van der Waals surface area contributed by atoms with Crippen molar-refractivity contribution in [1.29, 1.82) is 0 Å². The molecule has 0 aromatic heterocycles. The van der Waals surface area contributed by atoms with Crippen LogP contribution in [-0.2, 0) is 4.79 Å².